The smallest absolute Gasteiger partial charge is 0.124 e. The second-order valence-corrected chi connectivity index (χ2v) is 4.73. The molecule has 0 bridgehead atoms. The Bertz CT molecular complexity index is 519. The van der Waals surface area contributed by atoms with Gasteiger partial charge >= 0.3 is 0 Å². The second kappa shape index (κ2) is 3.28. The molecule has 1 aliphatic heterocycles. The van der Waals surface area contributed by atoms with Crippen molar-refractivity contribution in [1.29, 1.82) is 0 Å². The zero-order valence-electron chi connectivity index (χ0n) is 8.44. The summed E-state index contributed by atoms with van der Waals surface area (Å²) in [7, 11) is 2.12. The Hall–Kier alpha value is -0.940. The Morgan fingerprint density at radius 3 is 3.13 bits per heavy atom. The molecule has 0 fully saturated rings. The Morgan fingerprint density at radius 1 is 1.40 bits per heavy atom. The van der Waals surface area contributed by atoms with Crippen molar-refractivity contribution in [3.05, 3.63) is 22.7 Å². The van der Waals surface area contributed by atoms with Crippen LogP contribution in [0.1, 0.15) is 5.82 Å². The molecule has 4 nitrogen and oxygen atoms in total. The molecule has 2 aromatic heterocycles. The molecule has 3 heterocycles. The van der Waals surface area contributed by atoms with Crippen LogP contribution in [0.3, 0.4) is 0 Å². The molecule has 78 valence electrons. The predicted octanol–water partition coefficient (Wildman–Crippen LogP) is 1.64. The minimum atomic E-state index is 0.846. The van der Waals surface area contributed by atoms with Crippen LogP contribution in [0.25, 0.3) is 11.0 Å². The van der Waals surface area contributed by atoms with Crippen LogP contribution >= 0.6 is 15.9 Å². The van der Waals surface area contributed by atoms with Gasteiger partial charge in [-0.25, -0.2) is 9.97 Å². The molecule has 0 N–H and O–H groups in total. The lowest BCUT2D eigenvalue weighted by Crippen LogP contribution is -2.30. The van der Waals surface area contributed by atoms with E-state index in [0.29, 0.717) is 0 Å². The van der Waals surface area contributed by atoms with Crippen molar-refractivity contribution in [3.8, 4) is 0 Å². The lowest BCUT2D eigenvalue weighted by Gasteiger charge is -2.23. The monoisotopic (exact) mass is 266 g/mol. The summed E-state index contributed by atoms with van der Waals surface area (Å²) in [5, 5.41) is 0. The predicted molar refractivity (Wildman–Crippen MR) is 61.6 cm³/mol. The Kier molecular flexibility index (Phi) is 2.03. The maximum atomic E-state index is 4.62. The standard InChI is InChI=1S/C10H11BrN4/c1-14-2-3-15-8-5-12-9(11)4-7(8)13-10(15)6-14/h4-5H,2-3,6H2,1H3. The van der Waals surface area contributed by atoms with Gasteiger partial charge in [0.05, 0.1) is 23.8 Å². The molecule has 0 spiro atoms. The first-order chi connectivity index (χ1) is 7.24. The number of imidazole rings is 1. The number of rotatable bonds is 0. The summed E-state index contributed by atoms with van der Waals surface area (Å²) in [6, 6.07) is 1.97. The molecule has 0 aliphatic carbocycles. The number of hydrogen-bond acceptors (Lipinski definition) is 3. The van der Waals surface area contributed by atoms with Crippen molar-refractivity contribution in [2.75, 3.05) is 13.6 Å². The van der Waals surface area contributed by atoms with Gasteiger partial charge in [-0.1, -0.05) is 0 Å². The average Bonchev–Trinajstić information content (AvgIpc) is 2.53. The zero-order valence-corrected chi connectivity index (χ0v) is 10.0. The van der Waals surface area contributed by atoms with E-state index >= 15 is 0 Å². The summed E-state index contributed by atoms with van der Waals surface area (Å²) >= 11 is 3.37. The number of hydrogen-bond donors (Lipinski definition) is 0. The number of halogens is 1. The molecule has 2 aromatic rings. The van der Waals surface area contributed by atoms with Gasteiger partial charge in [0.15, 0.2) is 0 Å². The van der Waals surface area contributed by atoms with Crippen LogP contribution in [0.2, 0.25) is 0 Å². The number of aromatic nitrogens is 3. The van der Waals surface area contributed by atoms with Crippen molar-refractivity contribution in [2.24, 2.45) is 0 Å². The van der Waals surface area contributed by atoms with Gasteiger partial charge in [-0.2, -0.15) is 0 Å². The average molecular weight is 267 g/mol. The first-order valence-corrected chi connectivity index (χ1v) is 5.72. The Balaban J connectivity index is 2.23. The molecule has 0 atom stereocenters. The normalized spacial score (nSPS) is 16.9. The summed E-state index contributed by atoms with van der Waals surface area (Å²) in [4.78, 5) is 11.1. The molecular formula is C10H11BrN4. The molecule has 0 saturated carbocycles. The lowest BCUT2D eigenvalue weighted by molar-refractivity contribution is 0.267. The van der Waals surface area contributed by atoms with Gasteiger partial charge in [0.25, 0.3) is 0 Å². The molecule has 0 unspecified atom stereocenters. The van der Waals surface area contributed by atoms with Crippen LogP contribution in [0, 0.1) is 0 Å². The van der Waals surface area contributed by atoms with Crippen molar-refractivity contribution in [3.63, 3.8) is 0 Å². The largest absolute Gasteiger partial charge is 0.324 e. The van der Waals surface area contributed by atoms with Crippen molar-refractivity contribution >= 4 is 27.0 Å². The van der Waals surface area contributed by atoms with E-state index in [0.717, 1.165) is 41.1 Å². The lowest BCUT2D eigenvalue weighted by atomic mass is 10.3. The molecule has 1 aliphatic rings. The van der Waals surface area contributed by atoms with Crippen LogP contribution in [-0.4, -0.2) is 33.0 Å². The highest BCUT2D eigenvalue weighted by atomic mass is 79.9. The van der Waals surface area contributed by atoms with E-state index in [1.54, 1.807) is 0 Å². The highest BCUT2D eigenvalue weighted by Crippen LogP contribution is 2.21. The van der Waals surface area contributed by atoms with Gasteiger partial charge in [-0.3, -0.25) is 4.90 Å². The highest BCUT2D eigenvalue weighted by Gasteiger charge is 2.17. The van der Waals surface area contributed by atoms with E-state index in [4.69, 9.17) is 0 Å². The Morgan fingerprint density at radius 2 is 2.27 bits per heavy atom. The maximum absolute atomic E-state index is 4.62. The minimum Gasteiger partial charge on any atom is -0.324 e. The quantitative estimate of drug-likeness (QED) is 0.680. The van der Waals surface area contributed by atoms with Crippen LogP contribution in [0.15, 0.2) is 16.9 Å². The van der Waals surface area contributed by atoms with E-state index in [1.165, 1.54) is 0 Å². The Labute approximate surface area is 96.1 Å². The molecule has 0 radical (unpaired) electrons. The summed E-state index contributed by atoms with van der Waals surface area (Å²) < 4.78 is 3.10. The van der Waals surface area contributed by atoms with Gasteiger partial charge in [0.2, 0.25) is 0 Å². The third kappa shape index (κ3) is 1.46. The van der Waals surface area contributed by atoms with Gasteiger partial charge < -0.3 is 4.57 Å². The number of fused-ring (bicyclic) bond motifs is 3. The van der Waals surface area contributed by atoms with Gasteiger partial charge in [0, 0.05) is 13.1 Å². The fraction of sp³-hybridized carbons (Fsp3) is 0.400. The maximum Gasteiger partial charge on any atom is 0.124 e. The molecule has 3 rings (SSSR count). The third-order valence-electron chi connectivity index (χ3n) is 2.80. The van der Waals surface area contributed by atoms with Crippen molar-refractivity contribution in [2.45, 2.75) is 13.1 Å². The van der Waals surface area contributed by atoms with E-state index in [-0.39, 0.29) is 0 Å². The zero-order chi connectivity index (χ0) is 10.4. The van der Waals surface area contributed by atoms with E-state index in [9.17, 15) is 0 Å². The number of pyridine rings is 1. The summed E-state index contributed by atoms with van der Waals surface area (Å²) in [5.41, 5.74) is 2.17. The number of nitrogens with zero attached hydrogens (tertiary/aromatic N) is 4. The summed E-state index contributed by atoms with van der Waals surface area (Å²) in [6.07, 6.45) is 1.89. The SMILES string of the molecule is CN1CCn2c(nc3cc(Br)ncc32)C1. The summed E-state index contributed by atoms with van der Waals surface area (Å²) in [5.74, 6) is 1.14. The van der Waals surface area contributed by atoms with E-state index in [1.807, 2.05) is 12.3 Å². The van der Waals surface area contributed by atoms with E-state index in [2.05, 4.69) is 42.4 Å². The fourth-order valence-corrected chi connectivity index (χ4v) is 2.33. The highest BCUT2D eigenvalue weighted by molar-refractivity contribution is 9.10. The number of likely N-dealkylation sites (N-methyl/N-ethyl adjacent to an activating group) is 1. The summed E-state index contributed by atoms with van der Waals surface area (Å²) in [6.45, 7) is 3.01. The van der Waals surface area contributed by atoms with Gasteiger partial charge in [-0.15, -0.1) is 0 Å². The molecular weight excluding hydrogens is 256 g/mol. The second-order valence-electron chi connectivity index (χ2n) is 3.91. The first-order valence-electron chi connectivity index (χ1n) is 4.93. The third-order valence-corrected chi connectivity index (χ3v) is 3.23. The van der Waals surface area contributed by atoms with Gasteiger partial charge in [0.1, 0.15) is 10.4 Å². The van der Waals surface area contributed by atoms with Crippen molar-refractivity contribution < 1.29 is 0 Å². The first kappa shape index (κ1) is 9.30. The van der Waals surface area contributed by atoms with Crippen LogP contribution < -0.4 is 0 Å². The fourth-order valence-electron chi connectivity index (χ4n) is 2.01. The van der Waals surface area contributed by atoms with E-state index < -0.39 is 0 Å². The van der Waals surface area contributed by atoms with Crippen LogP contribution in [-0.2, 0) is 13.1 Å². The molecule has 5 heteroatoms. The molecule has 0 amide bonds. The topological polar surface area (TPSA) is 34.0 Å². The van der Waals surface area contributed by atoms with Crippen molar-refractivity contribution in [1.82, 2.24) is 19.4 Å². The molecule has 0 aromatic carbocycles. The molecule has 15 heavy (non-hydrogen) atoms. The minimum absolute atomic E-state index is 0.846. The van der Waals surface area contributed by atoms with Gasteiger partial charge in [-0.05, 0) is 29.0 Å². The van der Waals surface area contributed by atoms with Crippen LogP contribution in [0.4, 0.5) is 0 Å². The molecule has 0 saturated heterocycles. The van der Waals surface area contributed by atoms with Crippen LogP contribution in [0.5, 0.6) is 0 Å².